The van der Waals surface area contributed by atoms with Crippen molar-refractivity contribution in [3.63, 3.8) is 0 Å². The smallest absolute Gasteiger partial charge is 0.228 e. The second kappa shape index (κ2) is 9.91. The molecule has 2 aliphatic rings. The Morgan fingerprint density at radius 2 is 2.07 bits per heavy atom. The van der Waals surface area contributed by atoms with Gasteiger partial charge in [-0.05, 0) is 18.9 Å². The SMILES string of the molecule is Cl.Cl.O=C(Cc1csc(-c2ccoc2)n1)N1CCC(c2nnc3n2CCNC3)CC1. The van der Waals surface area contributed by atoms with Crippen molar-refractivity contribution in [2.45, 2.75) is 38.3 Å². The molecule has 5 heterocycles. The Labute approximate surface area is 190 Å². The quantitative estimate of drug-likeness (QED) is 0.630. The Balaban J connectivity index is 0.00000128. The highest BCUT2D eigenvalue weighted by Gasteiger charge is 2.29. The first kappa shape index (κ1) is 22.7. The second-order valence-electron chi connectivity index (χ2n) is 7.29. The molecule has 162 valence electrons. The van der Waals surface area contributed by atoms with Gasteiger partial charge in [0.05, 0.1) is 24.9 Å². The summed E-state index contributed by atoms with van der Waals surface area (Å²) in [5.74, 6) is 2.65. The lowest BCUT2D eigenvalue weighted by molar-refractivity contribution is -0.131. The number of carbonyl (C=O) groups excluding carboxylic acids is 1. The molecule has 5 rings (SSSR count). The third kappa shape index (κ3) is 4.54. The summed E-state index contributed by atoms with van der Waals surface area (Å²) in [5, 5.41) is 14.9. The van der Waals surface area contributed by atoms with Crippen molar-refractivity contribution in [3.05, 3.63) is 41.3 Å². The molecule has 3 aromatic heterocycles. The molecule has 3 aromatic rings. The number of carbonyl (C=O) groups is 1. The minimum atomic E-state index is 0. The van der Waals surface area contributed by atoms with E-state index < -0.39 is 0 Å². The lowest BCUT2D eigenvalue weighted by atomic mass is 9.95. The number of nitrogens with zero attached hydrogens (tertiary/aromatic N) is 5. The van der Waals surface area contributed by atoms with E-state index in [-0.39, 0.29) is 30.7 Å². The van der Waals surface area contributed by atoms with E-state index >= 15 is 0 Å². The second-order valence-corrected chi connectivity index (χ2v) is 8.15. The first-order chi connectivity index (χ1) is 13.8. The lowest BCUT2D eigenvalue weighted by Gasteiger charge is -2.32. The molecule has 1 saturated heterocycles. The van der Waals surface area contributed by atoms with Crippen molar-refractivity contribution in [2.75, 3.05) is 19.6 Å². The van der Waals surface area contributed by atoms with Gasteiger partial charge in [-0.25, -0.2) is 4.98 Å². The molecule has 30 heavy (non-hydrogen) atoms. The normalized spacial score (nSPS) is 16.5. The number of hydrogen-bond acceptors (Lipinski definition) is 7. The van der Waals surface area contributed by atoms with Gasteiger partial charge in [-0.15, -0.1) is 46.3 Å². The van der Waals surface area contributed by atoms with Crippen molar-refractivity contribution in [2.24, 2.45) is 0 Å². The summed E-state index contributed by atoms with van der Waals surface area (Å²) >= 11 is 1.54. The van der Waals surface area contributed by atoms with Gasteiger partial charge in [-0.2, -0.15) is 0 Å². The van der Waals surface area contributed by atoms with Gasteiger partial charge in [0.1, 0.15) is 22.9 Å². The molecular formula is C19H24Cl2N6O2S. The molecule has 0 saturated carbocycles. The van der Waals surface area contributed by atoms with E-state index in [1.54, 1.807) is 23.9 Å². The van der Waals surface area contributed by atoms with Gasteiger partial charge >= 0.3 is 0 Å². The Morgan fingerprint density at radius 3 is 2.83 bits per heavy atom. The van der Waals surface area contributed by atoms with Gasteiger partial charge < -0.3 is 19.2 Å². The minimum absolute atomic E-state index is 0. The van der Waals surface area contributed by atoms with E-state index in [0.717, 1.165) is 73.5 Å². The zero-order valence-electron chi connectivity index (χ0n) is 16.3. The number of aromatic nitrogens is 4. The van der Waals surface area contributed by atoms with Gasteiger partial charge in [0, 0.05) is 43.0 Å². The summed E-state index contributed by atoms with van der Waals surface area (Å²) in [6.45, 7) is 4.22. The van der Waals surface area contributed by atoms with Crippen LogP contribution in [0.15, 0.2) is 28.4 Å². The van der Waals surface area contributed by atoms with Gasteiger partial charge in [-0.3, -0.25) is 4.79 Å². The predicted octanol–water partition coefficient (Wildman–Crippen LogP) is 2.89. The van der Waals surface area contributed by atoms with Gasteiger partial charge in [-0.1, -0.05) is 0 Å². The topological polar surface area (TPSA) is 89.1 Å². The van der Waals surface area contributed by atoms with E-state index in [4.69, 9.17) is 4.42 Å². The summed E-state index contributed by atoms with van der Waals surface area (Å²) in [7, 11) is 0. The highest BCUT2D eigenvalue weighted by molar-refractivity contribution is 7.13. The Kier molecular flexibility index (Phi) is 7.51. The van der Waals surface area contributed by atoms with Crippen LogP contribution in [0.2, 0.25) is 0 Å². The fraction of sp³-hybridized carbons (Fsp3) is 0.474. The molecule has 0 atom stereocenters. The first-order valence-corrected chi connectivity index (χ1v) is 10.5. The maximum atomic E-state index is 12.7. The summed E-state index contributed by atoms with van der Waals surface area (Å²) in [5.41, 5.74) is 1.78. The van der Waals surface area contributed by atoms with Crippen LogP contribution in [0.4, 0.5) is 0 Å². The van der Waals surface area contributed by atoms with E-state index in [1.807, 2.05) is 16.3 Å². The predicted molar refractivity (Wildman–Crippen MR) is 118 cm³/mol. The molecule has 0 bridgehead atoms. The van der Waals surface area contributed by atoms with Crippen LogP contribution >= 0.6 is 36.2 Å². The van der Waals surface area contributed by atoms with Gasteiger partial charge in [0.2, 0.25) is 5.91 Å². The number of piperidine rings is 1. The standard InChI is InChI=1S/C19H22N6O2S.2ClH/c26-17(9-15-12-28-19(21-15)14-3-8-27-11-14)24-5-1-13(2-6-24)18-23-22-16-10-20-4-7-25(16)18;;/h3,8,11-13,20H,1-2,4-7,9-10H2;2*1H. The van der Waals surface area contributed by atoms with Gasteiger partial charge in [0.25, 0.3) is 0 Å². The molecule has 0 spiro atoms. The van der Waals surface area contributed by atoms with Crippen molar-refractivity contribution in [1.29, 1.82) is 0 Å². The summed E-state index contributed by atoms with van der Waals surface area (Å²) in [6, 6.07) is 1.88. The molecule has 1 N–H and O–H groups in total. The zero-order chi connectivity index (χ0) is 18.9. The maximum Gasteiger partial charge on any atom is 0.228 e. The molecular weight excluding hydrogens is 447 g/mol. The Bertz CT molecular complexity index is 966. The molecule has 1 amide bonds. The third-order valence-electron chi connectivity index (χ3n) is 5.52. The molecule has 2 aliphatic heterocycles. The van der Waals surface area contributed by atoms with E-state index in [2.05, 4.69) is 25.1 Å². The maximum absolute atomic E-state index is 12.7. The van der Waals surface area contributed by atoms with E-state index in [9.17, 15) is 4.79 Å². The lowest BCUT2D eigenvalue weighted by Crippen LogP contribution is -2.39. The van der Waals surface area contributed by atoms with E-state index in [1.165, 1.54) is 0 Å². The fourth-order valence-electron chi connectivity index (χ4n) is 3.98. The molecule has 0 unspecified atom stereocenters. The third-order valence-corrected chi connectivity index (χ3v) is 6.46. The van der Waals surface area contributed by atoms with Crippen LogP contribution in [0.25, 0.3) is 10.6 Å². The van der Waals surface area contributed by atoms with Crippen molar-refractivity contribution < 1.29 is 9.21 Å². The van der Waals surface area contributed by atoms with E-state index in [0.29, 0.717) is 12.3 Å². The van der Waals surface area contributed by atoms with Crippen molar-refractivity contribution >= 4 is 42.1 Å². The number of likely N-dealkylation sites (tertiary alicyclic amines) is 1. The van der Waals surface area contributed by atoms with Crippen LogP contribution < -0.4 is 5.32 Å². The number of nitrogens with one attached hydrogen (secondary N) is 1. The largest absolute Gasteiger partial charge is 0.472 e. The molecule has 1 fully saturated rings. The molecule has 11 heteroatoms. The number of furan rings is 1. The Morgan fingerprint density at radius 1 is 1.23 bits per heavy atom. The summed E-state index contributed by atoms with van der Waals surface area (Å²) in [6.07, 6.45) is 5.54. The summed E-state index contributed by atoms with van der Waals surface area (Å²) in [4.78, 5) is 19.3. The number of rotatable bonds is 4. The van der Waals surface area contributed by atoms with Crippen LogP contribution in [0.3, 0.4) is 0 Å². The van der Waals surface area contributed by atoms with Crippen LogP contribution in [0.5, 0.6) is 0 Å². The van der Waals surface area contributed by atoms with Crippen LogP contribution in [-0.2, 0) is 24.3 Å². The average molecular weight is 471 g/mol. The first-order valence-electron chi connectivity index (χ1n) is 9.65. The number of thiazole rings is 1. The van der Waals surface area contributed by atoms with Crippen molar-refractivity contribution in [3.8, 4) is 10.6 Å². The van der Waals surface area contributed by atoms with Crippen LogP contribution in [0, 0.1) is 0 Å². The van der Waals surface area contributed by atoms with Crippen LogP contribution in [-0.4, -0.2) is 50.2 Å². The number of hydrogen-bond donors (Lipinski definition) is 1. The molecule has 8 nitrogen and oxygen atoms in total. The number of fused-ring (bicyclic) bond motifs is 1. The number of amides is 1. The minimum Gasteiger partial charge on any atom is -0.472 e. The average Bonchev–Trinajstić information content (AvgIpc) is 3.48. The monoisotopic (exact) mass is 470 g/mol. The molecule has 0 aromatic carbocycles. The van der Waals surface area contributed by atoms with Gasteiger partial charge in [0.15, 0.2) is 0 Å². The highest BCUT2D eigenvalue weighted by Crippen LogP contribution is 2.29. The van der Waals surface area contributed by atoms with Crippen LogP contribution in [0.1, 0.15) is 36.1 Å². The highest BCUT2D eigenvalue weighted by atomic mass is 35.5. The fourth-order valence-corrected chi connectivity index (χ4v) is 4.78. The zero-order valence-corrected chi connectivity index (χ0v) is 18.8. The Hall–Kier alpha value is -1.94. The molecule has 0 aliphatic carbocycles. The summed E-state index contributed by atoms with van der Waals surface area (Å²) < 4.78 is 7.36. The number of halogens is 2. The molecule has 0 radical (unpaired) electrons. The van der Waals surface area contributed by atoms with Crippen molar-refractivity contribution in [1.82, 2.24) is 30.0 Å².